The highest BCUT2D eigenvalue weighted by atomic mass is 35.5. The molecule has 0 unspecified atom stereocenters. The van der Waals surface area contributed by atoms with Crippen LogP contribution >= 0.6 is 11.6 Å². The minimum Gasteiger partial charge on any atom is -0.445 e. The Morgan fingerprint density at radius 2 is 2.14 bits per heavy atom. The smallest absolute Gasteiger partial charge is 0.326 e. The van der Waals surface area contributed by atoms with E-state index in [0.29, 0.717) is 30.4 Å². The van der Waals surface area contributed by atoms with Crippen LogP contribution in [-0.2, 0) is 6.42 Å². The number of halogens is 1. The summed E-state index contributed by atoms with van der Waals surface area (Å²) in [4.78, 5) is 46.1. The maximum atomic E-state index is 12.7. The lowest BCUT2D eigenvalue weighted by Gasteiger charge is -2.31. The summed E-state index contributed by atoms with van der Waals surface area (Å²) < 4.78 is 5.93. The predicted octanol–water partition coefficient (Wildman–Crippen LogP) is 2.32. The first-order valence-electron chi connectivity index (χ1n) is 9.30. The van der Waals surface area contributed by atoms with Crippen molar-refractivity contribution in [2.24, 2.45) is 0 Å². The van der Waals surface area contributed by atoms with Crippen molar-refractivity contribution in [3.8, 4) is 0 Å². The van der Waals surface area contributed by atoms with E-state index >= 15 is 0 Å². The Labute approximate surface area is 170 Å². The van der Waals surface area contributed by atoms with Gasteiger partial charge < -0.3 is 14.3 Å². The molecule has 150 valence electrons. The number of aromatic amines is 2. The van der Waals surface area contributed by atoms with Crippen LogP contribution in [-0.4, -0.2) is 38.8 Å². The summed E-state index contributed by atoms with van der Waals surface area (Å²) in [5.41, 5.74) is -0.302. The monoisotopic (exact) mass is 414 g/mol. The molecule has 3 heterocycles. The van der Waals surface area contributed by atoms with E-state index in [0.717, 1.165) is 30.2 Å². The van der Waals surface area contributed by atoms with Crippen molar-refractivity contribution >= 4 is 17.5 Å². The summed E-state index contributed by atoms with van der Waals surface area (Å²) in [7, 11) is 0. The van der Waals surface area contributed by atoms with E-state index in [9.17, 15) is 14.4 Å². The lowest BCUT2D eigenvalue weighted by atomic mass is 9.97. The number of H-pyrrole nitrogens is 2. The van der Waals surface area contributed by atoms with Crippen molar-refractivity contribution in [2.75, 3.05) is 13.1 Å². The summed E-state index contributed by atoms with van der Waals surface area (Å²) in [5.74, 6) is 0.877. The average molecular weight is 415 g/mol. The average Bonchev–Trinajstić information content (AvgIpc) is 3.15. The Balaban J connectivity index is 1.47. The van der Waals surface area contributed by atoms with Crippen LogP contribution in [0, 0.1) is 0 Å². The molecule has 2 aromatic heterocycles. The molecule has 1 fully saturated rings. The molecule has 8 nitrogen and oxygen atoms in total. The topological polar surface area (TPSA) is 112 Å². The number of piperidine rings is 1. The van der Waals surface area contributed by atoms with Crippen molar-refractivity contribution < 1.29 is 9.21 Å². The van der Waals surface area contributed by atoms with E-state index in [1.54, 1.807) is 11.1 Å². The van der Waals surface area contributed by atoms with Gasteiger partial charge in [-0.2, -0.15) is 0 Å². The number of aromatic nitrogens is 3. The van der Waals surface area contributed by atoms with Crippen LogP contribution in [0.5, 0.6) is 0 Å². The van der Waals surface area contributed by atoms with Crippen LogP contribution in [0.1, 0.15) is 46.5 Å². The lowest BCUT2D eigenvalue weighted by Crippen LogP contribution is -2.41. The molecule has 9 heteroatoms. The van der Waals surface area contributed by atoms with Gasteiger partial charge in [-0.05, 0) is 30.5 Å². The highest BCUT2D eigenvalue weighted by Crippen LogP contribution is 2.28. The minimum atomic E-state index is -0.701. The van der Waals surface area contributed by atoms with Crippen molar-refractivity contribution in [1.29, 1.82) is 0 Å². The van der Waals surface area contributed by atoms with Crippen LogP contribution in [0.3, 0.4) is 0 Å². The zero-order chi connectivity index (χ0) is 20.4. The normalized spacial score (nSPS) is 16.7. The predicted molar refractivity (Wildman–Crippen MR) is 106 cm³/mol. The lowest BCUT2D eigenvalue weighted by molar-refractivity contribution is 0.0691. The zero-order valence-corrected chi connectivity index (χ0v) is 16.2. The second-order valence-electron chi connectivity index (χ2n) is 7.06. The number of hydrogen-bond acceptors (Lipinski definition) is 5. The zero-order valence-electron chi connectivity index (χ0n) is 15.5. The van der Waals surface area contributed by atoms with Gasteiger partial charge in [0.2, 0.25) is 0 Å². The van der Waals surface area contributed by atoms with Crippen molar-refractivity contribution in [3.05, 3.63) is 85.3 Å². The summed E-state index contributed by atoms with van der Waals surface area (Å²) >= 11 is 6.03. The maximum absolute atomic E-state index is 12.7. The number of oxazole rings is 1. The number of carbonyl (C=O) groups excluding carboxylic acids is 1. The fourth-order valence-corrected chi connectivity index (χ4v) is 3.77. The van der Waals surface area contributed by atoms with Crippen molar-refractivity contribution in [1.82, 2.24) is 19.9 Å². The van der Waals surface area contributed by atoms with Gasteiger partial charge in [-0.15, -0.1) is 0 Å². The van der Waals surface area contributed by atoms with Gasteiger partial charge in [0.05, 0.1) is 12.1 Å². The van der Waals surface area contributed by atoms with E-state index in [1.807, 2.05) is 24.3 Å². The van der Waals surface area contributed by atoms with Gasteiger partial charge in [-0.3, -0.25) is 14.6 Å². The number of nitrogens with one attached hydrogen (secondary N) is 2. The molecule has 0 radical (unpaired) electrons. The third-order valence-corrected chi connectivity index (χ3v) is 5.12. The van der Waals surface area contributed by atoms with Crippen LogP contribution in [0.2, 0.25) is 5.02 Å². The largest absolute Gasteiger partial charge is 0.445 e. The third kappa shape index (κ3) is 4.48. The fourth-order valence-electron chi connectivity index (χ4n) is 3.56. The molecule has 1 amide bonds. The van der Waals surface area contributed by atoms with Crippen LogP contribution < -0.4 is 11.2 Å². The second kappa shape index (κ2) is 8.08. The van der Waals surface area contributed by atoms with Crippen LogP contribution in [0.25, 0.3) is 0 Å². The standard InChI is InChI=1S/C20H19ClN4O4/c21-14-5-1-3-12(7-14)8-15-10-22-18(29-15)13-4-2-6-25(11-13)19(27)16-9-17(26)24-20(28)23-16/h1,3,5,7,9-10,13H,2,4,6,8,11H2,(H2,23,24,26,28)/t13-/m1/s1. The fraction of sp³-hybridized carbons (Fsp3) is 0.300. The number of amides is 1. The number of benzene rings is 1. The molecule has 1 aliphatic rings. The molecule has 0 aliphatic carbocycles. The molecule has 0 bridgehead atoms. The van der Waals surface area contributed by atoms with Gasteiger partial charge in [0.1, 0.15) is 11.5 Å². The number of rotatable bonds is 4. The van der Waals surface area contributed by atoms with Crippen molar-refractivity contribution in [3.63, 3.8) is 0 Å². The Bertz CT molecular complexity index is 1120. The van der Waals surface area contributed by atoms with Crippen molar-refractivity contribution in [2.45, 2.75) is 25.2 Å². The van der Waals surface area contributed by atoms with Crippen LogP contribution in [0.4, 0.5) is 0 Å². The highest BCUT2D eigenvalue weighted by molar-refractivity contribution is 6.30. The molecule has 1 atom stereocenters. The molecule has 1 aromatic carbocycles. The Morgan fingerprint density at radius 1 is 1.28 bits per heavy atom. The third-order valence-electron chi connectivity index (χ3n) is 4.89. The Kier molecular flexibility index (Phi) is 5.35. The van der Waals surface area contributed by atoms with E-state index in [1.165, 1.54) is 0 Å². The summed E-state index contributed by atoms with van der Waals surface area (Å²) in [5, 5.41) is 0.668. The molecule has 29 heavy (non-hydrogen) atoms. The van der Waals surface area contributed by atoms with Gasteiger partial charge in [0.15, 0.2) is 5.89 Å². The second-order valence-corrected chi connectivity index (χ2v) is 7.50. The molecule has 4 rings (SSSR count). The molecular weight excluding hydrogens is 396 g/mol. The number of hydrogen-bond donors (Lipinski definition) is 2. The maximum Gasteiger partial charge on any atom is 0.326 e. The Hall–Kier alpha value is -3.13. The molecule has 1 aliphatic heterocycles. The molecule has 3 aromatic rings. The summed E-state index contributed by atoms with van der Waals surface area (Å²) in [6.07, 6.45) is 3.89. The van der Waals surface area contributed by atoms with Gasteiger partial charge >= 0.3 is 5.69 Å². The molecule has 0 spiro atoms. The summed E-state index contributed by atoms with van der Waals surface area (Å²) in [6, 6.07) is 8.66. The van der Waals surface area contributed by atoms with Crippen LogP contribution in [0.15, 0.2) is 50.5 Å². The number of likely N-dealkylation sites (tertiary alicyclic amines) is 1. The first-order chi connectivity index (χ1) is 14.0. The minimum absolute atomic E-state index is 0.0200. The summed E-state index contributed by atoms with van der Waals surface area (Å²) in [6.45, 7) is 0.949. The number of carbonyl (C=O) groups is 1. The van der Waals surface area contributed by atoms with E-state index in [4.69, 9.17) is 16.0 Å². The molecule has 2 N–H and O–H groups in total. The van der Waals surface area contributed by atoms with E-state index in [2.05, 4.69) is 15.0 Å². The first-order valence-corrected chi connectivity index (χ1v) is 9.68. The molecular formula is C20H19ClN4O4. The van der Waals surface area contributed by atoms with Gasteiger partial charge in [-0.25, -0.2) is 9.78 Å². The number of nitrogens with zero attached hydrogens (tertiary/aromatic N) is 2. The van der Waals surface area contributed by atoms with Gasteiger partial charge in [-0.1, -0.05) is 23.7 Å². The van der Waals surface area contributed by atoms with E-state index < -0.39 is 11.2 Å². The van der Waals surface area contributed by atoms with Gasteiger partial charge in [0, 0.05) is 30.6 Å². The van der Waals surface area contributed by atoms with Gasteiger partial charge in [0.25, 0.3) is 11.5 Å². The highest BCUT2D eigenvalue weighted by Gasteiger charge is 2.29. The van der Waals surface area contributed by atoms with E-state index in [-0.39, 0.29) is 17.5 Å². The Morgan fingerprint density at radius 3 is 2.93 bits per heavy atom. The quantitative estimate of drug-likeness (QED) is 0.680. The first kappa shape index (κ1) is 19.2. The molecule has 0 saturated carbocycles. The SMILES string of the molecule is O=C(c1cc(=O)[nH]c(=O)[nH]1)N1CCC[C@@H](c2ncc(Cc3cccc(Cl)c3)o2)C1. The molecule has 1 saturated heterocycles.